The fourth-order valence-electron chi connectivity index (χ4n) is 2.83. The lowest BCUT2D eigenvalue weighted by Gasteiger charge is -2.07. The van der Waals surface area contributed by atoms with Crippen molar-refractivity contribution in [2.45, 2.75) is 10.9 Å². The molecule has 0 saturated heterocycles. The Bertz CT molecular complexity index is 1200. The van der Waals surface area contributed by atoms with Crippen LogP contribution < -0.4 is 0 Å². The number of aromatic nitrogens is 3. The molecule has 0 aliphatic heterocycles. The van der Waals surface area contributed by atoms with Gasteiger partial charge in [0, 0.05) is 35.6 Å². The van der Waals surface area contributed by atoms with E-state index >= 15 is 0 Å². The van der Waals surface area contributed by atoms with Crippen molar-refractivity contribution in [2.24, 2.45) is 0 Å². The molecule has 2 heterocycles. The van der Waals surface area contributed by atoms with E-state index in [1.54, 1.807) is 42.2 Å². The second kappa shape index (κ2) is 8.43. The maximum atomic E-state index is 9.06. The van der Waals surface area contributed by atoms with Crippen molar-refractivity contribution in [2.75, 3.05) is 0 Å². The summed E-state index contributed by atoms with van der Waals surface area (Å²) in [5.41, 5.74) is 5.06. The molecule has 0 fully saturated rings. The van der Waals surface area contributed by atoms with E-state index in [4.69, 9.17) is 15.5 Å². The van der Waals surface area contributed by atoms with Crippen molar-refractivity contribution in [3.63, 3.8) is 0 Å². The zero-order valence-electron chi connectivity index (χ0n) is 15.4. The maximum Gasteiger partial charge on any atom is 0.173 e. The summed E-state index contributed by atoms with van der Waals surface area (Å²) < 4.78 is 2.02. The van der Waals surface area contributed by atoms with Crippen LogP contribution in [0.4, 0.5) is 0 Å². The average molecular weight is 393 g/mol. The van der Waals surface area contributed by atoms with Crippen LogP contribution in [0.25, 0.3) is 16.9 Å². The van der Waals surface area contributed by atoms with Crippen molar-refractivity contribution in [3.05, 3.63) is 95.9 Å². The standard InChI is InChI=1S/C23H15N5S/c24-12-17-3-7-20(8-4-17)22-15-28(21-9-5-18(13-25)6-10-21)23(27-22)29-16-19-2-1-11-26-14-19/h1-11,14-15H,16H2. The number of imidazole rings is 1. The molecule has 0 N–H and O–H groups in total. The molecule has 0 spiro atoms. The molecule has 29 heavy (non-hydrogen) atoms. The van der Waals surface area contributed by atoms with Gasteiger partial charge in [0.25, 0.3) is 0 Å². The minimum Gasteiger partial charge on any atom is -0.294 e. The zero-order valence-corrected chi connectivity index (χ0v) is 16.2. The van der Waals surface area contributed by atoms with Gasteiger partial charge in [-0.2, -0.15) is 10.5 Å². The predicted molar refractivity (Wildman–Crippen MR) is 112 cm³/mol. The van der Waals surface area contributed by atoms with Gasteiger partial charge in [0.2, 0.25) is 0 Å². The van der Waals surface area contributed by atoms with Gasteiger partial charge in [0.15, 0.2) is 5.16 Å². The third kappa shape index (κ3) is 4.19. The SMILES string of the molecule is N#Cc1ccc(-c2cn(-c3ccc(C#N)cc3)c(SCc3cccnc3)n2)cc1. The Hall–Kier alpha value is -3.87. The van der Waals surface area contributed by atoms with Crippen LogP contribution in [-0.2, 0) is 5.75 Å². The number of rotatable bonds is 5. The van der Waals surface area contributed by atoms with E-state index in [0.717, 1.165) is 33.4 Å². The number of nitriles is 2. The van der Waals surface area contributed by atoms with Crippen molar-refractivity contribution >= 4 is 11.8 Å². The Morgan fingerprint density at radius 3 is 2.21 bits per heavy atom. The van der Waals surface area contributed by atoms with Crippen LogP contribution in [-0.4, -0.2) is 14.5 Å². The highest BCUT2D eigenvalue weighted by molar-refractivity contribution is 7.98. The molecule has 0 atom stereocenters. The number of thioether (sulfide) groups is 1. The lowest BCUT2D eigenvalue weighted by atomic mass is 10.1. The van der Waals surface area contributed by atoms with E-state index in [0.29, 0.717) is 11.1 Å². The van der Waals surface area contributed by atoms with Gasteiger partial charge < -0.3 is 0 Å². The third-order valence-electron chi connectivity index (χ3n) is 4.35. The minimum atomic E-state index is 0.616. The normalized spacial score (nSPS) is 10.3. The fourth-order valence-corrected chi connectivity index (χ4v) is 3.76. The van der Waals surface area contributed by atoms with Crippen LogP contribution in [0.5, 0.6) is 0 Å². The molecular formula is C23H15N5S. The highest BCUT2D eigenvalue weighted by Gasteiger charge is 2.12. The number of benzene rings is 2. The molecule has 0 unspecified atom stereocenters. The van der Waals surface area contributed by atoms with Crippen LogP contribution in [0, 0.1) is 22.7 Å². The van der Waals surface area contributed by atoms with Gasteiger partial charge in [-0.05, 0) is 48.0 Å². The molecule has 0 amide bonds. The summed E-state index contributed by atoms with van der Waals surface area (Å²) in [5, 5.41) is 18.9. The lowest BCUT2D eigenvalue weighted by molar-refractivity contribution is 0.895. The lowest BCUT2D eigenvalue weighted by Crippen LogP contribution is -1.95. The van der Waals surface area contributed by atoms with Crippen LogP contribution >= 0.6 is 11.8 Å². The van der Waals surface area contributed by atoms with E-state index in [9.17, 15) is 0 Å². The highest BCUT2D eigenvalue weighted by Crippen LogP contribution is 2.29. The van der Waals surface area contributed by atoms with Gasteiger partial charge in [-0.1, -0.05) is 30.0 Å². The molecule has 6 heteroatoms. The van der Waals surface area contributed by atoms with Crippen LogP contribution in [0.15, 0.2) is 84.4 Å². The summed E-state index contributed by atoms with van der Waals surface area (Å²) >= 11 is 1.62. The van der Waals surface area contributed by atoms with Crippen molar-refractivity contribution in [3.8, 4) is 29.1 Å². The Balaban J connectivity index is 1.70. The Kier molecular flexibility index (Phi) is 5.38. The van der Waals surface area contributed by atoms with Crippen LogP contribution in [0.3, 0.4) is 0 Å². The molecule has 4 aromatic rings. The van der Waals surface area contributed by atoms with E-state index in [2.05, 4.69) is 17.1 Å². The van der Waals surface area contributed by atoms with E-state index in [1.807, 2.05) is 53.4 Å². The van der Waals surface area contributed by atoms with E-state index in [-0.39, 0.29) is 0 Å². The summed E-state index contributed by atoms with van der Waals surface area (Å²) in [5.74, 6) is 0.744. The maximum absolute atomic E-state index is 9.06. The minimum absolute atomic E-state index is 0.616. The Morgan fingerprint density at radius 1 is 0.897 bits per heavy atom. The molecule has 2 aromatic heterocycles. The van der Waals surface area contributed by atoms with Gasteiger partial charge in [0.05, 0.1) is 29.0 Å². The molecule has 5 nitrogen and oxygen atoms in total. The second-order valence-corrected chi connectivity index (χ2v) is 7.22. The molecule has 138 valence electrons. The first-order valence-corrected chi connectivity index (χ1v) is 9.87. The van der Waals surface area contributed by atoms with E-state index in [1.165, 1.54) is 0 Å². The summed E-state index contributed by atoms with van der Waals surface area (Å²) in [6.07, 6.45) is 5.59. The van der Waals surface area contributed by atoms with Crippen LogP contribution in [0.1, 0.15) is 16.7 Å². The average Bonchev–Trinajstić information content (AvgIpc) is 3.23. The molecule has 2 aromatic carbocycles. The first kappa shape index (κ1) is 18.5. The van der Waals surface area contributed by atoms with Gasteiger partial charge >= 0.3 is 0 Å². The molecule has 0 radical (unpaired) electrons. The molecule has 0 saturated carbocycles. The van der Waals surface area contributed by atoms with Gasteiger partial charge in [-0.25, -0.2) is 4.98 Å². The molecule has 0 bridgehead atoms. The predicted octanol–water partition coefficient (Wildman–Crippen LogP) is 4.97. The Labute approximate surface area is 172 Å². The highest BCUT2D eigenvalue weighted by atomic mass is 32.2. The molecule has 4 rings (SSSR count). The van der Waals surface area contributed by atoms with Gasteiger partial charge in [-0.15, -0.1) is 0 Å². The van der Waals surface area contributed by atoms with Gasteiger partial charge in [-0.3, -0.25) is 9.55 Å². The van der Waals surface area contributed by atoms with Crippen molar-refractivity contribution in [1.82, 2.24) is 14.5 Å². The van der Waals surface area contributed by atoms with Crippen molar-refractivity contribution < 1.29 is 0 Å². The summed E-state index contributed by atoms with van der Waals surface area (Å²) in [6.45, 7) is 0. The third-order valence-corrected chi connectivity index (χ3v) is 5.37. The second-order valence-electron chi connectivity index (χ2n) is 6.28. The Morgan fingerprint density at radius 2 is 1.59 bits per heavy atom. The number of nitrogens with zero attached hydrogens (tertiary/aromatic N) is 5. The first-order valence-electron chi connectivity index (χ1n) is 8.89. The summed E-state index contributed by atoms with van der Waals surface area (Å²) in [6, 6.07) is 23.0. The summed E-state index contributed by atoms with van der Waals surface area (Å²) in [7, 11) is 0. The molecule has 0 aliphatic carbocycles. The number of hydrogen-bond acceptors (Lipinski definition) is 5. The quantitative estimate of drug-likeness (QED) is 0.447. The largest absolute Gasteiger partial charge is 0.294 e. The zero-order chi connectivity index (χ0) is 20.1. The fraction of sp³-hybridized carbons (Fsp3) is 0.0435. The number of pyridine rings is 1. The molecular weight excluding hydrogens is 378 g/mol. The van der Waals surface area contributed by atoms with Gasteiger partial charge in [0.1, 0.15) is 0 Å². The molecule has 0 aliphatic rings. The van der Waals surface area contributed by atoms with E-state index < -0.39 is 0 Å². The smallest absolute Gasteiger partial charge is 0.173 e. The topological polar surface area (TPSA) is 78.3 Å². The van der Waals surface area contributed by atoms with Crippen molar-refractivity contribution in [1.29, 1.82) is 10.5 Å². The summed E-state index contributed by atoms with van der Waals surface area (Å²) in [4.78, 5) is 9.00. The van der Waals surface area contributed by atoms with Crippen LogP contribution in [0.2, 0.25) is 0 Å². The number of hydrogen-bond donors (Lipinski definition) is 0. The first-order chi connectivity index (χ1) is 14.3. The monoisotopic (exact) mass is 393 g/mol.